The van der Waals surface area contributed by atoms with Crippen molar-refractivity contribution in [2.24, 2.45) is 0 Å². The number of nitrogens with one attached hydrogen (secondary N) is 1. The second kappa shape index (κ2) is 7.66. The maximum absolute atomic E-state index is 14.5. The van der Waals surface area contributed by atoms with E-state index >= 15 is 0 Å². The molecular formula is C20H24FN3O. The van der Waals surface area contributed by atoms with E-state index in [0.717, 1.165) is 25.9 Å². The van der Waals surface area contributed by atoms with Crippen LogP contribution >= 0.6 is 0 Å². The van der Waals surface area contributed by atoms with E-state index in [1.807, 2.05) is 6.07 Å². The molecule has 1 aliphatic heterocycles. The molecule has 2 aromatic rings. The Labute approximate surface area is 148 Å². The molecule has 0 aliphatic carbocycles. The third kappa shape index (κ3) is 4.17. The van der Waals surface area contributed by atoms with Crippen molar-refractivity contribution in [2.45, 2.75) is 18.9 Å². The van der Waals surface area contributed by atoms with Crippen molar-refractivity contribution in [3.05, 3.63) is 59.9 Å². The third-order valence-electron chi connectivity index (χ3n) is 4.78. The van der Waals surface area contributed by atoms with Gasteiger partial charge in [0, 0.05) is 30.4 Å². The minimum Gasteiger partial charge on any atom is -0.369 e. The zero-order valence-corrected chi connectivity index (χ0v) is 14.7. The molecule has 25 heavy (non-hydrogen) atoms. The number of piperidine rings is 1. The van der Waals surface area contributed by atoms with Gasteiger partial charge in [-0.05, 0) is 57.3 Å². The molecule has 3 rings (SSSR count). The molecule has 0 unspecified atom stereocenters. The molecule has 5 heteroatoms. The lowest BCUT2D eigenvalue weighted by molar-refractivity contribution is 0.102. The number of hydrogen-bond acceptors (Lipinski definition) is 3. The average molecular weight is 341 g/mol. The number of anilines is 2. The van der Waals surface area contributed by atoms with Gasteiger partial charge in [0.05, 0.1) is 5.69 Å². The molecule has 0 spiro atoms. The first-order chi connectivity index (χ1) is 12.0. The van der Waals surface area contributed by atoms with Gasteiger partial charge in [0.25, 0.3) is 5.91 Å². The van der Waals surface area contributed by atoms with Crippen LogP contribution in [0.15, 0.2) is 48.5 Å². The average Bonchev–Trinajstić information content (AvgIpc) is 2.62. The van der Waals surface area contributed by atoms with Crippen LogP contribution in [0.25, 0.3) is 0 Å². The highest BCUT2D eigenvalue weighted by molar-refractivity contribution is 6.04. The molecule has 132 valence electrons. The molecule has 1 aliphatic rings. The normalized spacial score (nSPS) is 15.4. The van der Waals surface area contributed by atoms with Crippen LogP contribution in [0, 0.1) is 5.82 Å². The van der Waals surface area contributed by atoms with Gasteiger partial charge in [-0.1, -0.05) is 18.2 Å². The minimum absolute atomic E-state index is 0.237. The molecule has 0 atom stereocenters. The Hall–Kier alpha value is -2.40. The van der Waals surface area contributed by atoms with Crippen LogP contribution < -0.4 is 10.2 Å². The Bertz CT molecular complexity index is 725. The van der Waals surface area contributed by atoms with E-state index in [1.165, 1.54) is 6.07 Å². The molecular weight excluding hydrogens is 317 g/mol. The van der Waals surface area contributed by atoms with Crippen molar-refractivity contribution in [1.82, 2.24) is 4.90 Å². The SMILES string of the molecule is CN(C)C1CCN(c2ccc(NC(=O)c3ccccc3)cc2F)CC1. The van der Waals surface area contributed by atoms with E-state index in [4.69, 9.17) is 0 Å². The lowest BCUT2D eigenvalue weighted by Gasteiger charge is -2.36. The van der Waals surface area contributed by atoms with E-state index in [0.29, 0.717) is 23.0 Å². The summed E-state index contributed by atoms with van der Waals surface area (Å²) in [6, 6.07) is 14.4. The van der Waals surface area contributed by atoms with E-state index in [2.05, 4.69) is 29.2 Å². The van der Waals surface area contributed by atoms with Crippen LogP contribution in [0.5, 0.6) is 0 Å². The Morgan fingerprint density at radius 3 is 2.40 bits per heavy atom. The lowest BCUT2D eigenvalue weighted by Crippen LogP contribution is -2.42. The predicted octanol–water partition coefficient (Wildman–Crippen LogP) is 3.61. The van der Waals surface area contributed by atoms with Crippen molar-refractivity contribution in [3.8, 4) is 0 Å². The van der Waals surface area contributed by atoms with Gasteiger partial charge in [-0.3, -0.25) is 4.79 Å². The largest absolute Gasteiger partial charge is 0.369 e. The molecule has 0 aromatic heterocycles. The zero-order chi connectivity index (χ0) is 17.8. The molecule has 0 bridgehead atoms. The van der Waals surface area contributed by atoms with E-state index in [-0.39, 0.29) is 11.7 Å². The predicted molar refractivity (Wildman–Crippen MR) is 99.7 cm³/mol. The van der Waals surface area contributed by atoms with Gasteiger partial charge >= 0.3 is 0 Å². The van der Waals surface area contributed by atoms with Crippen molar-refractivity contribution in [3.63, 3.8) is 0 Å². The Morgan fingerprint density at radius 2 is 1.80 bits per heavy atom. The molecule has 1 fully saturated rings. The summed E-state index contributed by atoms with van der Waals surface area (Å²) < 4.78 is 14.5. The minimum atomic E-state index is -0.297. The summed E-state index contributed by atoms with van der Waals surface area (Å²) in [6.45, 7) is 1.69. The summed E-state index contributed by atoms with van der Waals surface area (Å²) in [4.78, 5) is 16.5. The maximum atomic E-state index is 14.5. The monoisotopic (exact) mass is 341 g/mol. The van der Waals surface area contributed by atoms with E-state index < -0.39 is 0 Å². The van der Waals surface area contributed by atoms with Gasteiger partial charge in [0.1, 0.15) is 5.82 Å². The summed E-state index contributed by atoms with van der Waals surface area (Å²) in [7, 11) is 4.18. The van der Waals surface area contributed by atoms with Crippen molar-refractivity contribution >= 4 is 17.3 Å². The summed E-state index contributed by atoms with van der Waals surface area (Å²) in [5.74, 6) is -0.534. The molecule has 1 saturated heterocycles. The van der Waals surface area contributed by atoms with Gasteiger partial charge in [0.2, 0.25) is 0 Å². The highest BCUT2D eigenvalue weighted by Gasteiger charge is 2.22. The van der Waals surface area contributed by atoms with Crippen LogP contribution in [0.4, 0.5) is 15.8 Å². The van der Waals surface area contributed by atoms with Gasteiger partial charge in [-0.15, -0.1) is 0 Å². The first kappa shape index (κ1) is 17.4. The fourth-order valence-electron chi connectivity index (χ4n) is 3.26. The fourth-order valence-corrected chi connectivity index (χ4v) is 3.26. The quantitative estimate of drug-likeness (QED) is 0.923. The maximum Gasteiger partial charge on any atom is 0.255 e. The molecule has 1 amide bonds. The highest BCUT2D eigenvalue weighted by Crippen LogP contribution is 2.27. The number of carbonyl (C=O) groups excluding carboxylic acids is 1. The number of amides is 1. The highest BCUT2D eigenvalue weighted by atomic mass is 19.1. The Balaban J connectivity index is 1.66. The zero-order valence-electron chi connectivity index (χ0n) is 14.7. The third-order valence-corrected chi connectivity index (χ3v) is 4.78. The summed E-state index contributed by atoms with van der Waals surface area (Å²) in [5.41, 5.74) is 1.63. The first-order valence-electron chi connectivity index (χ1n) is 8.62. The number of rotatable bonds is 4. The molecule has 0 radical (unpaired) electrons. The number of benzene rings is 2. The topological polar surface area (TPSA) is 35.6 Å². The summed E-state index contributed by atoms with van der Waals surface area (Å²) >= 11 is 0. The van der Waals surface area contributed by atoms with Crippen LogP contribution in [-0.2, 0) is 0 Å². The van der Waals surface area contributed by atoms with Crippen LogP contribution in [-0.4, -0.2) is 44.0 Å². The number of carbonyl (C=O) groups is 1. The summed E-state index contributed by atoms with van der Waals surface area (Å²) in [6.07, 6.45) is 2.05. The second-order valence-corrected chi connectivity index (χ2v) is 6.67. The van der Waals surface area contributed by atoms with Crippen molar-refractivity contribution < 1.29 is 9.18 Å². The number of hydrogen-bond donors (Lipinski definition) is 1. The molecule has 2 aromatic carbocycles. The van der Waals surface area contributed by atoms with Crippen molar-refractivity contribution in [1.29, 1.82) is 0 Å². The lowest BCUT2D eigenvalue weighted by atomic mass is 10.0. The fraction of sp³-hybridized carbons (Fsp3) is 0.350. The first-order valence-corrected chi connectivity index (χ1v) is 8.62. The second-order valence-electron chi connectivity index (χ2n) is 6.67. The van der Waals surface area contributed by atoms with Gasteiger partial charge < -0.3 is 15.1 Å². The van der Waals surface area contributed by atoms with Crippen LogP contribution in [0.2, 0.25) is 0 Å². The van der Waals surface area contributed by atoms with Gasteiger partial charge in [-0.2, -0.15) is 0 Å². The van der Waals surface area contributed by atoms with Crippen LogP contribution in [0.3, 0.4) is 0 Å². The molecule has 0 saturated carbocycles. The standard InChI is InChI=1S/C20H24FN3O/c1-23(2)17-10-12-24(13-11-17)19-9-8-16(14-18(19)21)22-20(25)15-6-4-3-5-7-15/h3-9,14,17H,10-13H2,1-2H3,(H,22,25). The van der Waals surface area contributed by atoms with Crippen LogP contribution in [0.1, 0.15) is 23.2 Å². The number of nitrogens with zero attached hydrogens (tertiary/aromatic N) is 2. The number of halogens is 1. The molecule has 1 N–H and O–H groups in total. The van der Waals surface area contributed by atoms with Gasteiger partial charge in [-0.25, -0.2) is 4.39 Å². The summed E-state index contributed by atoms with van der Waals surface area (Å²) in [5, 5.41) is 2.75. The van der Waals surface area contributed by atoms with Gasteiger partial charge in [0.15, 0.2) is 0 Å². The van der Waals surface area contributed by atoms with Crippen molar-refractivity contribution in [2.75, 3.05) is 37.4 Å². The Morgan fingerprint density at radius 1 is 1.12 bits per heavy atom. The smallest absolute Gasteiger partial charge is 0.255 e. The molecule has 1 heterocycles. The van der Waals surface area contributed by atoms with E-state index in [9.17, 15) is 9.18 Å². The van der Waals surface area contributed by atoms with E-state index in [1.54, 1.807) is 36.4 Å². The molecule has 4 nitrogen and oxygen atoms in total. The Kier molecular flexibility index (Phi) is 5.34.